The second-order valence-electron chi connectivity index (χ2n) is 4.54. The molecule has 0 aromatic heterocycles. The van der Waals surface area contributed by atoms with Crippen molar-refractivity contribution in [3.05, 3.63) is 47.5 Å². The summed E-state index contributed by atoms with van der Waals surface area (Å²) in [5.74, 6) is 0.0881. The van der Waals surface area contributed by atoms with Gasteiger partial charge in [-0.25, -0.2) is 0 Å². The maximum atomic E-state index is 12.0. The average molecular weight is 287 g/mol. The summed E-state index contributed by atoms with van der Waals surface area (Å²) in [6, 6.07) is 9.61. The first-order valence-corrected chi connectivity index (χ1v) is 6.33. The normalized spacial score (nSPS) is 12.2. The predicted molar refractivity (Wildman–Crippen MR) is 73.5 cm³/mol. The summed E-state index contributed by atoms with van der Waals surface area (Å²) >= 11 is 0. The number of para-hydroxylation sites is 1. The van der Waals surface area contributed by atoms with Gasteiger partial charge in [-0.1, -0.05) is 12.1 Å². The Hall–Kier alpha value is -2.89. The van der Waals surface area contributed by atoms with Crippen molar-refractivity contribution in [3.63, 3.8) is 0 Å². The lowest BCUT2D eigenvalue weighted by Gasteiger charge is -2.08. The van der Waals surface area contributed by atoms with Crippen molar-refractivity contribution in [2.45, 2.75) is 6.54 Å². The Morgan fingerprint density at radius 2 is 1.95 bits per heavy atom. The molecule has 0 spiro atoms. The summed E-state index contributed by atoms with van der Waals surface area (Å²) < 4.78 is 10.5. The zero-order valence-electron chi connectivity index (χ0n) is 11.0. The van der Waals surface area contributed by atoms with E-state index in [1.807, 2.05) is 6.07 Å². The zero-order chi connectivity index (χ0) is 14.8. The molecule has 6 heteroatoms. The standard InChI is InChI=1S/C15H13NO5/c17-11-3-1-2-10(14(11)18)15(19)16-7-9-4-5-12-13(6-9)21-8-20-12/h1-6,17-18H,7-8H2,(H,16,19). The van der Waals surface area contributed by atoms with Gasteiger partial charge >= 0.3 is 0 Å². The van der Waals surface area contributed by atoms with Crippen molar-refractivity contribution < 1.29 is 24.5 Å². The van der Waals surface area contributed by atoms with Gasteiger partial charge in [0.15, 0.2) is 23.0 Å². The third-order valence-corrected chi connectivity index (χ3v) is 3.15. The van der Waals surface area contributed by atoms with Crippen molar-refractivity contribution in [2.75, 3.05) is 6.79 Å². The molecule has 0 saturated carbocycles. The summed E-state index contributed by atoms with van der Waals surface area (Å²) in [7, 11) is 0. The molecule has 0 unspecified atom stereocenters. The highest BCUT2D eigenvalue weighted by atomic mass is 16.7. The smallest absolute Gasteiger partial charge is 0.255 e. The van der Waals surface area contributed by atoms with Crippen LogP contribution in [-0.2, 0) is 6.54 Å². The fraction of sp³-hybridized carbons (Fsp3) is 0.133. The van der Waals surface area contributed by atoms with Crippen molar-refractivity contribution in [3.8, 4) is 23.0 Å². The number of carbonyl (C=O) groups excluding carboxylic acids is 1. The Labute approximate surface area is 120 Å². The van der Waals surface area contributed by atoms with E-state index in [-0.39, 0.29) is 24.7 Å². The molecule has 21 heavy (non-hydrogen) atoms. The van der Waals surface area contributed by atoms with Crippen LogP contribution in [0.5, 0.6) is 23.0 Å². The second-order valence-corrected chi connectivity index (χ2v) is 4.54. The van der Waals surface area contributed by atoms with Gasteiger partial charge in [0.25, 0.3) is 5.91 Å². The number of fused-ring (bicyclic) bond motifs is 1. The molecule has 0 aliphatic carbocycles. The Morgan fingerprint density at radius 3 is 2.81 bits per heavy atom. The van der Waals surface area contributed by atoms with Crippen molar-refractivity contribution in [1.82, 2.24) is 5.32 Å². The lowest BCUT2D eigenvalue weighted by Crippen LogP contribution is -2.22. The molecule has 1 aliphatic rings. The molecule has 3 N–H and O–H groups in total. The molecule has 3 rings (SSSR count). The number of nitrogens with one attached hydrogen (secondary N) is 1. The van der Waals surface area contributed by atoms with E-state index in [0.717, 1.165) is 5.56 Å². The lowest BCUT2D eigenvalue weighted by molar-refractivity contribution is 0.0947. The molecule has 6 nitrogen and oxygen atoms in total. The van der Waals surface area contributed by atoms with E-state index in [1.165, 1.54) is 18.2 Å². The van der Waals surface area contributed by atoms with E-state index in [1.54, 1.807) is 12.1 Å². The molecular formula is C15H13NO5. The molecule has 108 valence electrons. The number of phenolic OH excluding ortho intramolecular Hbond substituents is 2. The summed E-state index contributed by atoms with van der Waals surface area (Å²) in [4.78, 5) is 12.0. The maximum Gasteiger partial charge on any atom is 0.255 e. The minimum atomic E-state index is -0.471. The Balaban J connectivity index is 1.70. The van der Waals surface area contributed by atoms with Crippen LogP contribution in [0, 0.1) is 0 Å². The fourth-order valence-electron chi connectivity index (χ4n) is 2.04. The van der Waals surface area contributed by atoms with Crippen molar-refractivity contribution >= 4 is 5.91 Å². The molecule has 2 aromatic rings. The molecule has 0 saturated heterocycles. The number of aromatic hydroxyl groups is 2. The number of ether oxygens (including phenoxy) is 2. The van der Waals surface area contributed by atoms with E-state index in [0.29, 0.717) is 11.5 Å². The van der Waals surface area contributed by atoms with Gasteiger partial charge in [0.05, 0.1) is 5.56 Å². The van der Waals surface area contributed by atoms with E-state index in [2.05, 4.69) is 5.32 Å². The molecule has 1 amide bonds. The van der Waals surface area contributed by atoms with Crippen LogP contribution in [0.4, 0.5) is 0 Å². The lowest BCUT2D eigenvalue weighted by atomic mass is 10.1. The molecule has 2 aromatic carbocycles. The number of amides is 1. The highest BCUT2D eigenvalue weighted by Gasteiger charge is 2.15. The summed E-state index contributed by atoms with van der Waals surface area (Å²) in [6.45, 7) is 0.465. The van der Waals surface area contributed by atoms with E-state index >= 15 is 0 Å². The number of benzene rings is 2. The summed E-state index contributed by atoms with van der Waals surface area (Å²) in [5, 5.41) is 21.7. The van der Waals surface area contributed by atoms with Gasteiger partial charge < -0.3 is 25.0 Å². The van der Waals surface area contributed by atoms with E-state index in [4.69, 9.17) is 9.47 Å². The largest absolute Gasteiger partial charge is 0.504 e. The van der Waals surface area contributed by atoms with Gasteiger partial charge in [0.2, 0.25) is 6.79 Å². The van der Waals surface area contributed by atoms with Gasteiger partial charge in [-0.2, -0.15) is 0 Å². The Morgan fingerprint density at radius 1 is 1.14 bits per heavy atom. The van der Waals surface area contributed by atoms with Crippen molar-refractivity contribution in [2.24, 2.45) is 0 Å². The minimum absolute atomic E-state index is 0.0238. The van der Waals surface area contributed by atoms with E-state index < -0.39 is 11.7 Å². The van der Waals surface area contributed by atoms with Crippen LogP contribution in [-0.4, -0.2) is 22.9 Å². The first kappa shape index (κ1) is 13.1. The number of hydrogen-bond donors (Lipinski definition) is 3. The molecule has 0 bridgehead atoms. The van der Waals surface area contributed by atoms with Crippen LogP contribution in [0.1, 0.15) is 15.9 Å². The van der Waals surface area contributed by atoms with E-state index in [9.17, 15) is 15.0 Å². The highest BCUT2D eigenvalue weighted by molar-refractivity contribution is 5.97. The average Bonchev–Trinajstić information content (AvgIpc) is 2.95. The van der Waals surface area contributed by atoms with Crippen LogP contribution < -0.4 is 14.8 Å². The topological polar surface area (TPSA) is 88.0 Å². The summed E-state index contributed by atoms with van der Waals surface area (Å²) in [5.41, 5.74) is 0.864. The first-order valence-electron chi connectivity index (χ1n) is 6.33. The number of carbonyl (C=O) groups is 1. The van der Waals surface area contributed by atoms with Crippen LogP contribution >= 0.6 is 0 Å². The minimum Gasteiger partial charge on any atom is -0.504 e. The number of rotatable bonds is 3. The first-order chi connectivity index (χ1) is 10.1. The molecule has 0 radical (unpaired) electrons. The molecule has 0 atom stereocenters. The predicted octanol–water partition coefficient (Wildman–Crippen LogP) is 1.76. The number of hydrogen-bond acceptors (Lipinski definition) is 5. The van der Waals surface area contributed by atoms with Crippen LogP contribution in [0.2, 0.25) is 0 Å². The van der Waals surface area contributed by atoms with Gasteiger partial charge in [-0.15, -0.1) is 0 Å². The Bertz CT molecular complexity index is 698. The van der Waals surface area contributed by atoms with Crippen LogP contribution in [0.3, 0.4) is 0 Å². The molecule has 0 fully saturated rings. The van der Waals surface area contributed by atoms with Gasteiger partial charge in [0.1, 0.15) is 0 Å². The fourth-order valence-corrected chi connectivity index (χ4v) is 2.04. The number of phenols is 2. The third-order valence-electron chi connectivity index (χ3n) is 3.15. The molecular weight excluding hydrogens is 274 g/mol. The molecule has 1 aliphatic heterocycles. The highest BCUT2D eigenvalue weighted by Crippen LogP contribution is 2.32. The molecule has 1 heterocycles. The SMILES string of the molecule is O=C(NCc1ccc2c(c1)OCO2)c1cccc(O)c1O. The quantitative estimate of drug-likeness (QED) is 0.749. The van der Waals surface area contributed by atoms with Crippen molar-refractivity contribution in [1.29, 1.82) is 0 Å². The second kappa shape index (κ2) is 5.24. The van der Waals surface area contributed by atoms with Gasteiger partial charge in [0, 0.05) is 6.54 Å². The van der Waals surface area contributed by atoms with Crippen LogP contribution in [0.25, 0.3) is 0 Å². The van der Waals surface area contributed by atoms with Gasteiger partial charge in [-0.3, -0.25) is 4.79 Å². The van der Waals surface area contributed by atoms with Gasteiger partial charge in [-0.05, 0) is 29.8 Å². The Kier molecular flexibility index (Phi) is 3.27. The third kappa shape index (κ3) is 2.55. The zero-order valence-corrected chi connectivity index (χ0v) is 11.0. The maximum absolute atomic E-state index is 12.0. The summed E-state index contributed by atoms with van der Waals surface area (Å²) in [6.07, 6.45) is 0. The monoisotopic (exact) mass is 287 g/mol. The van der Waals surface area contributed by atoms with Crippen LogP contribution in [0.15, 0.2) is 36.4 Å².